The minimum absolute atomic E-state index is 0.00269. The lowest BCUT2D eigenvalue weighted by atomic mass is 10.3. The number of amides is 1. The lowest BCUT2D eigenvalue weighted by Crippen LogP contribution is -2.44. The summed E-state index contributed by atoms with van der Waals surface area (Å²) >= 11 is 0. The van der Waals surface area contributed by atoms with Gasteiger partial charge in [0.15, 0.2) is 0 Å². The lowest BCUT2D eigenvalue weighted by molar-refractivity contribution is -0.205. The Kier molecular flexibility index (Phi) is 5.77. The van der Waals surface area contributed by atoms with Gasteiger partial charge in [0, 0.05) is 13.3 Å². The molecular formula is C12H16F3N3O5. The first-order valence-corrected chi connectivity index (χ1v) is 6.87. The van der Waals surface area contributed by atoms with Crippen LogP contribution in [-0.4, -0.2) is 48.1 Å². The lowest BCUT2D eigenvalue weighted by Gasteiger charge is -2.27. The fourth-order valence-electron chi connectivity index (χ4n) is 1.82. The molecule has 0 unspecified atom stereocenters. The standard InChI is InChI=1S/C12H16F3N3O5/c1-7(19)16-8-5-21-10(22-6-8)9-17-18-11(23-9)20-4-2-3-12(13,14)15/h8,10H,2-6H2,1H3,(H,16,19). The summed E-state index contributed by atoms with van der Waals surface area (Å²) in [4.78, 5) is 10.9. The molecule has 2 heterocycles. The van der Waals surface area contributed by atoms with Crippen molar-refractivity contribution in [3.63, 3.8) is 0 Å². The van der Waals surface area contributed by atoms with Crippen LogP contribution in [-0.2, 0) is 14.3 Å². The van der Waals surface area contributed by atoms with Crippen molar-refractivity contribution < 1.29 is 36.6 Å². The van der Waals surface area contributed by atoms with E-state index in [9.17, 15) is 18.0 Å². The third-order valence-corrected chi connectivity index (χ3v) is 2.76. The van der Waals surface area contributed by atoms with Crippen LogP contribution < -0.4 is 10.1 Å². The van der Waals surface area contributed by atoms with Crippen molar-refractivity contribution in [2.75, 3.05) is 19.8 Å². The van der Waals surface area contributed by atoms with Gasteiger partial charge in [0.05, 0.1) is 25.9 Å². The van der Waals surface area contributed by atoms with Crippen molar-refractivity contribution in [3.8, 4) is 6.08 Å². The van der Waals surface area contributed by atoms with Gasteiger partial charge in [-0.2, -0.15) is 13.2 Å². The number of halogens is 3. The van der Waals surface area contributed by atoms with Crippen LogP contribution >= 0.6 is 0 Å². The number of alkyl halides is 3. The molecule has 1 fully saturated rings. The van der Waals surface area contributed by atoms with Crippen LogP contribution in [0, 0.1) is 0 Å². The number of hydrogen-bond donors (Lipinski definition) is 1. The summed E-state index contributed by atoms with van der Waals surface area (Å²) in [6, 6.07) is -0.273. The molecular weight excluding hydrogens is 323 g/mol. The zero-order chi connectivity index (χ0) is 16.9. The van der Waals surface area contributed by atoms with E-state index in [1.54, 1.807) is 0 Å². The first kappa shape index (κ1) is 17.5. The van der Waals surface area contributed by atoms with Crippen molar-refractivity contribution in [1.82, 2.24) is 15.5 Å². The van der Waals surface area contributed by atoms with E-state index in [2.05, 4.69) is 15.5 Å². The Hall–Kier alpha value is -1.88. The van der Waals surface area contributed by atoms with Gasteiger partial charge in [0.1, 0.15) is 0 Å². The van der Waals surface area contributed by atoms with Crippen LogP contribution in [0.2, 0.25) is 0 Å². The fraction of sp³-hybridized carbons (Fsp3) is 0.750. The number of carbonyl (C=O) groups excluding carboxylic acids is 1. The molecule has 0 aliphatic carbocycles. The molecule has 2 rings (SSSR count). The van der Waals surface area contributed by atoms with Gasteiger partial charge >= 0.3 is 12.3 Å². The molecule has 1 saturated heterocycles. The first-order chi connectivity index (χ1) is 10.8. The summed E-state index contributed by atoms with van der Waals surface area (Å²) in [7, 11) is 0. The summed E-state index contributed by atoms with van der Waals surface area (Å²) in [5.74, 6) is -0.204. The maximum Gasteiger partial charge on any atom is 0.414 e. The van der Waals surface area contributed by atoms with E-state index in [4.69, 9.17) is 18.6 Å². The Bertz CT molecular complexity index is 514. The molecule has 1 aliphatic heterocycles. The molecule has 23 heavy (non-hydrogen) atoms. The van der Waals surface area contributed by atoms with Crippen molar-refractivity contribution in [1.29, 1.82) is 0 Å². The largest absolute Gasteiger partial charge is 0.449 e. The molecule has 0 saturated carbocycles. The normalized spacial score (nSPS) is 21.9. The number of rotatable bonds is 6. The van der Waals surface area contributed by atoms with Crippen molar-refractivity contribution in [2.24, 2.45) is 0 Å². The van der Waals surface area contributed by atoms with E-state index in [1.807, 2.05) is 0 Å². The summed E-state index contributed by atoms with van der Waals surface area (Å²) in [5.41, 5.74) is 0. The van der Waals surface area contributed by atoms with Gasteiger partial charge in [-0.25, -0.2) is 0 Å². The smallest absolute Gasteiger partial charge is 0.414 e. The van der Waals surface area contributed by atoms with Crippen LogP contribution in [0.3, 0.4) is 0 Å². The highest BCUT2D eigenvalue weighted by molar-refractivity contribution is 5.73. The molecule has 0 spiro atoms. The number of nitrogens with one attached hydrogen (secondary N) is 1. The van der Waals surface area contributed by atoms with E-state index in [-0.39, 0.29) is 50.2 Å². The van der Waals surface area contributed by atoms with Crippen LogP contribution in [0.4, 0.5) is 13.2 Å². The van der Waals surface area contributed by atoms with Crippen LogP contribution in [0.1, 0.15) is 31.9 Å². The molecule has 1 amide bonds. The minimum atomic E-state index is -4.22. The monoisotopic (exact) mass is 339 g/mol. The second kappa shape index (κ2) is 7.59. The highest BCUT2D eigenvalue weighted by Crippen LogP contribution is 2.24. The Morgan fingerprint density at radius 2 is 2.04 bits per heavy atom. The number of nitrogens with zero attached hydrogens (tertiary/aromatic N) is 2. The third kappa shape index (κ3) is 6.02. The van der Waals surface area contributed by atoms with Crippen LogP contribution in [0.15, 0.2) is 4.42 Å². The second-order valence-electron chi connectivity index (χ2n) is 4.87. The van der Waals surface area contributed by atoms with Gasteiger partial charge in [-0.1, -0.05) is 5.10 Å². The van der Waals surface area contributed by atoms with E-state index in [1.165, 1.54) is 6.92 Å². The Morgan fingerprint density at radius 1 is 1.35 bits per heavy atom. The van der Waals surface area contributed by atoms with Gasteiger partial charge in [-0.15, -0.1) is 5.10 Å². The quantitative estimate of drug-likeness (QED) is 0.781. The minimum Gasteiger partial charge on any atom is -0.449 e. The molecule has 8 nitrogen and oxygen atoms in total. The second-order valence-corrected chi connectivity index (χ2v) is 4.87. The highest BCUT2D eigenvalue weighted by Gasteiger charge is 2.29. The maximum absolute atomic E-state index is 12.0. The molecule has 0 atom stereocenters. The predicted octanol–water partition coefficient (Wildman–Crippen LogP) is 1.34. The number of carbonyl (C=O) groups is 1. The Labute approximate surface area is 129 Å². The highest BCUT2D eigenvalue weighted by atomic mass is 19.4. The fourth-order valence-corrected chi connectivity index (χ4v) is 1.82. The predicted molar refractivity (Wildman–Crippen MR) is 67.3 cm³/mol. The topological polar surface area (TPSA) is 95.7 Å². The van der Waals surface area contributed by atoms with Gasteiger partial charge in [0.25, 0.3) is 5.89 Å². The molecule has 130 valence electrons. The summed E-state index contributed by atoms with van der Waals surface area (Å²) in [5, 5.41) is 9.83. The van der Waals surface area contributed by atoms with Crippen LogP contribution in [0.25, 0.3) is 0 Å². The Balaban J connectivity index is 1.73. The zero-order valence-corrected chi connectivity index (χ0v) is 12.3. The molecule has 11 heteroatoms. The van der Waals surface area contributed by atoms with Gasteiger partial charge in [0.2, 0.25) is 12.2 Å². The number of ether oxygens (including phenoxy) is 3. The number of aromatic nitrogens is 2. The van der Waals surface area contributed by atoms with E-state index >= 15 is 0 Å². The Morgan fingerprint density at radius 3 is 2.65 bits per heavy atom. The third-order valence-electron chi connectivity index (χ3n) is 2.76. The van der Waals surface area contributed by atoms with Crippen molar-refractivity contribution in [2.45, 2.75) is 38.3 Å². The van der Waals surface area contributed by atoms with Crippen LogP contribution in [0.5, 0.6) is 6.08 Å². The van der Waals surface area contributed by atoms with Gasteiger partial charge in [-0.05, 0) is 6.42 Å². The zero-order valence-electron chi connectivity index (χ0n) is 12.3. The van der Waals surface area contributed by atoms with E-state index < -0.39 is 18.9 Å². The number of hydrogen-bond acceptors (Lipinski definition) is 7. The molecule has 1 aromatic heterocycles. The molecule has 0 aromatic carbocycles. The van der Waals surface area contributed by atoms with Gasteiger partial charge in [-0.3, -0.25) is 4.79 Å². The summed E-state index contributed by atoms with van der Waals surface area (Å²) in [6.07, 6.45) is -6.54. The molecule has 0 radical (unpaired) electrons. The average Bonchev–Trinajstić information content (AvgIpc) is 2.92. The first-order valence-electron chi connectivity index (χ1n) is 6.87. The van der Waals surface area contributed by atoms with E-state index in [0.717, 1.165) is 0 Å². The molecule has 1 aromatic rings. The van der Waals surface area contributed by atoms with E-state index in [0.29, 0.717) is 0 Å². The molecule has 1 N–H and O–H groups in total. The van der Waals surface area contributed by atoms with Gasteiger partial charge < -0.3 is 23.9 Å². The molecule has 1 aliphatic rings. The van der Waals surface area contributed by atoms with Crippen molar-refractivity contribution >= 4 is 5.91 Å². The SMILES string of the molecule is CC(=O)NC1COC(c2nnc(OCCCC(F)(F)F)o2)OC1. The summed E-state index contributed by atoms with van der Waals surface area (Å²) in [6.45, 7) is 1.59. The summed E-state index contributed by atoms with van der Waals surface area (Å²) < 4.78 is 56.6. The maximum atomic E-state index is 12.0. The van der Waals surface area contributed by atoms with Crippen molar-refractivity contribution in [3.05, 3.63) is 5.89 Å². The molecule has 0 bridgehead atoms. The average molecular weight is 339 g/mol.